The van der Waals surface area contributed by atoms with E-state index in [-0.39, 0.29) is 0 Å². The first-order valence-corrected chi connectivity index (χ1v) is 5.96. The van der Waals surface area contributed by atoms with Crippen LogP contribution in [0.3, 0.4) is 0 Å². The minimum absolute atomic E-state index is 2.00. The molecule has 1 heteroatoms. The quantitative estimate of drug-likeness (QED) is 0.630. The van der Waals surface area contributed by atoms with Crippen LogP contribution in [0.4, 0.5) is 0 Å². The molecule has 0 bridgehead atoms. The maximum Gasteiger partial charge on any atom is 0.0106 e. The van der Waals surface area contributed by atoms with Gasteiger partial charge in [-0.2, -0.15) is 0 Å². The van der Waals surface area contributed by atoms with E-state index in [1.807, 2.05) is 109 Å². The molecule has 1 heterocycles. The highest BCUT2D eigenvalue weighted by atomic mass is 14.9. The Bertz CT molecular complexity index is 454. The molecule has 92 valence electrons. The predicted molar refractivity (Wildman–Crippen MR) is 78.3 cm³/mol. The summed E-state index contributed by atoms with van der Waals surface area (Å²) in [7, 11) is 2.00. The van der Waals surface area contributed by atoms with Crippen LogP contribution < -0.4 is 0 Å². The lowest BCUT2D eigenvalue weighted by molar-refractivity contribution is 0.910. The topological polar surface area (TPSA) is 4.93 Å². The number of aryl methyl sites for hydroxylation is 1. The zero-order chi connectivity index (χ0) is 12.9. The van der Waals surface area contributed by atoms with Crippen molar-refractivity contribution in [1.29, 1.82) is 0 Å². The fourth-order valence-corrected chi connectivity index (χ4v) is 1.19. The Morgan fingerprint density at radius 3 is 0.889 bits per heavy atom. The number of hydrogen-bond donors (Lipinski definition) is 0. The van der Waals surface area contributed by atoms with E-state index in [0.29, 0.717) is 0 Å². The van der Waals surface area contributed by atoms with Gasteiger partial charge in [0.1, 0.15) is 0 Å². The van der Waals surface area contributed by atoms with E-state index in [0.717, 1.165) is 0 Å². The third-order valence-electron chi connectivity index (χ3n) is 2.09. The summed E-state index contributed by atoms with van der Waals surface area (Å²) < 4.78 is 2.00. The van der Waals surface area contributed by atoms with Crippen LogP contribution in [0.2, 0.25) is 0 Å². The molecular formula is C17H19N. The summed E-state index contributed by atoms with van der Waals surface area (Å²) in [4.78, 5) is 0. The van der Waals surface area contributed by atoms with E-state index in [1.54, 1.807) is 0 Å². The Balaban J connectivity index is 3.11. The summed E-state index contributed by atoms with van der Waals surface area (Å²) in [5.41, 5.74) is 0. The molecule has 18 heavy (non-hydrogen) atoms. The molecule has 1 rings (SSSR count). The van der Waals surface area contributed by atoms with Crippen LogP contribution in [0.5, 0.6) is 0 Å². The van der Waals surface area contributed by atoms with Gasteiger partial charge in [0, 0.05) is 19.4 Å². The summed E-state index contributed by atoms with van der Waals surface area (Å²) >= 11 is 0. The molecule has 0 radical (unpaired) electrons. The molecule has 0 spiro atoms. The van der Waals surface area contributed by atoms with Crippen molar-refractivity contribution >= 4 is 0 Å². The molecule has 0 aliphatic heterocycles. The molecule has 0 saturated carbocycles. The Labute approximate surface area is 109 Å². The summed E-state index contributed by atoms with van der Waals surface area (Å²) in [5, 5.41) is 0. The highest BCUT2D eigenvalue weighted by Gasteiger charge is 1.64. The van der Waals surface area contributed by atoms with Gasteiger partial charge in [-0.15, -0.1) is 0 Å². The van der Waals surface area contributed by atoms with Gasteiger partial charge in [-0.3, -0.25) is 0 Å². The van der Waals surface area contributed by atoms with Crippen LogP contribution in [-0.4, -0.2) is 4.57 Å². The van der Waals surface area contributed by atoms with Gasteiger partial charge in [-0.25, -0.2) is 0 Å². The Morgan fingerprint density at radius 1 is 0.389 bits per heavy atom. The summed E-state index contributed by atoms with van der Waals surface area (Å²) in [6, 6.07) is 28.0. The molecule has 0 aromatic carbocycles. The second-order valence-electron chi connectivity index (χ2n) is 3.66. The van der Waals surface area contributed by atoms with Gasteiger partial charge < -0.3 is 4.57 Å². The van der Waals surface area contributed by atoms with E-state index in [4.69, 9.17) is 0 Å². The molecule has 0 saturated heterocycles. The van der Waals surface area contributed by atoms with E-state index >= 15 is 0 Å². The average Bonchev–Trinajstić information content (AvgIpc) is 2.37. The molecule has 0 fully saturated rings. The van der Waals surface area contributed by atoms with Gasteiger partial charge in [0.2, 0.25) is 0 Å². The Kier molecular flexibility index (Phi) is 7.59. The molecule has 1 nitrogen and oxygen atoms in total. The number of aromatic nitrogens is 1. The molecule has 1 aromatic heterocycles. The third kappa shape index (κ3) is 7.94. The summed E-state index contributed by atoms with van der Waals surface area (Å²) in [6.07, 6.45) is 4.00. The maximum atomic E-state index is 2.00. The highest BCUT2D eigenvalue weighted by molar-refractivity contribution is 4.98. The fourth-order valence-electron chi connectivity index (χ4n) is 1.19. The lowest BCUT2D eigenvalue weighted by Gasteiger charge is -1.87. The SMILES string of the molecule is Cn1cccccccccccccccc1. The minimum atomic E-state index is 2.00. The second-order valence-corrected chi connectivity index (χ2v) is 3.66. The first kappa shape index (κ1) is 13.8. The van der Waals surface area contributed by atoms with Gasteiger partial charge >= 0.3 is 0 Å². The van der Waals surface area contributed by atoms with Crippen molar-refractivity contribution in [1.82, 2.24) is 4.57 Å². The first-order chi connectivity index (χ1) is 8.89. The van der Waals surface area contributed by atoms with Crippen molar-refractivity contribution in [3.63, 3.8) is 0 Å². The van der Waals surface area contributed by atoms with Crippen LogP contribution in [0, 0.1) is 0 Å². The Hall–Kier alpha value is -2.28. The van der Waals surface area contributed by atoms with Crippen molar-refractivity contribution in [3.8, 4) is 0 Å². The molecule has 0 unspecified atom stereocenters. The van der Waals surface area contributed by atoms with Gasteiger partial charge in [0.25, 0.3) is 0 Å². The molecule has 0 amide bonds. The maximum absolute atomic E-state index is 2.00. The lowest BCUT2D eigenvalue weighted by Crippen LogP contribution is -1.80. The molecule has 0 atom stereocenters. The monoisotopic (exact) mass is 237 g/mol. The predicted octanol–water partition coefficient (Wildman–Crippen LogP) is 4.40. The molecule has 0 aliphatic rings. The number of rotatable bonds is 0. The van der Waals surface area contributed by atoms with Gasteiger partial charge in [0.05, 0.1) is 0 Å². The highest BCUT2D eigenvalue weighted by Crippen LogP contribution is 1.81. The number of nitrogens with zero attached hydrogens (tertiary/aromatic N) is 1. The normalized spacial score (nSPS) is 8.28. The van der Waals surface area contributed by atoms with E-state index in [1.165, 1.54) is 0 Å². The van der Waals surface area contributed by atoms with E-state index < -0.39 is 0 Å². The van der Waals surface area contributed by atoms with Crippen molar-refractivity contribution in [2.24, 2.45) is 7.05 Å². The zero-order valence-electron chi connectivity index (χ0n) is 10.7. The molecule has 0 N–H and O–H groups in total. The average molecular weight is 237 g/mol. The molecule has 1 aromatic rings. The van der Waals surface area contributed by atoms with E-state index in [9.17, 15) is 0 Å². The van der Waals surface area contributed by atoms with Crippen molar-refractivity contribution in [2.45, 2.75) is 0 Å². The number of hydrogen-bond acceptors (Lipinski definition) is 0. The molecule has 0 aliphatic carbocycles. The fraction of sp³-hybridized carbons (Fsp3) is 0.0588. The second kappa shape index (κ2) is 9.91. The smallest absolute Gasteiger partial charge is 0.0106 e. The zero-order valence-corrected chi connectivity index (χ0v) is 10.7. The minimum Gasteiger partial charge on any atom is -0.357 e. The van der Waals surface area contributed by atoms with Crippen LogP contribution in [0.1, 0.15) is 0 Å². The Morgan fingerprint density at radius 2 is 0.611 bits per heavy atom. The van der Waals surface area contributed by atoms with Crippen LogP contribution in [-0.2, 0) is 7.05 Å². The summed E-state index contributed by atoms with van der Waals surface area (Å²) in [6.45, 7) is 0. The van der Waals surface area contributed by atoms with Crippen LogP contribution in [0.25, 0.3) is 0 Å². The van der Waals surface area contributed by atoms with E-state index in [2.05, 4.69) is 0 Å². The third-order valence-corrected chi connectivity index (χ3v) is 2.09. The van der Waals surface area contributed by atoms with Crippen LogP contribution >= 0.6 is 0 Å². The standard InChI is InChI=1S/C17H19N/c1-18-16-14-12-10-8-6-4-2-3-5-7-9-11-13-15-17-18/h2-17H,1H3. The van der Waals surface area contributed by atoms with Crippen molar-refractivity contribution in [3.05, 3.63) is 97.3 Å². The van der Waals surface area contributed by atoms with Gasteiger partial charge in [-0.05, 0) is 12.1 Å². The van der Waals surface area contributed by atoms with Crippen LogP contribution in [0.15, 0.2) is 97.3 Å². The lowest BCUT2D eigenvalue weighted by atomic mass is 10.4. The van der Waals surface area contributed by atoms with Crippen molar-refractivity contribution < 1.29 is 0 Å². The van der Waals surface area contributed by atoms with Gasteiger partial charge in [-0.1, -0.05) is 72.8 Å². The largest absolute Gasteiger partial charge is 0.357 e. The first-order valence-electron chi connectivity index (χ1n) is 5.96. The van der Waals surface area contributed by atoms with Gasteiger partial charge in [0.15, 0.2) is 0 Å². The van der Waals surface area contributed by atoms with Crippen molar-refractivity contribution in [2.75, 3.05) is 0 Å². The molecular weight excluding hydrogens is 218 g/mol. The summed E-state index contributed by atoms with van der Waals surface area (Å²) in [5.74, 6) is 0.